The molecular weight excluding hydrogens is 278 g/mol. The number of benzene rings is 1. The molecule has 0 radical (unpaired) electrons. The van der Waals surface area contributed by atoms with Crippen LogP contribution in [0.25, 0.3) is 0 Å². The smallest absolute Gasteiger partial charge is 0.119 e. The predicted octanol–water partition coefficient (Wildman–Crippen LogP) is 2.82. The lowest BCUT2D eigenvalue weighted by molar-refractivity contribution is 0.270. The summed E-state index contributed by atoms with van der Waals surface area (Å²) in [5.74, 6) is 1.43. The van der Waals surface area contributed by atoms with Crippen molar-refractivity contribution >= 4 is 0 Å². The van der Waals surface area contributed by atoms with Gasteiger partial charge in [-0.25, -0.2) is 4.68 Å². The van der Waals surface area contributed by atoms with Crippen LogP contribution in [0.4, 0.5) is 0 Å². The van der Waals surface area contributed by atoms with E-state index in [1.54, 1.807) is 0 Å². The first-order valence-corrected chi connectivity index (χ1v) is 8.00. The molecule has 1 N–H and O–H groups in total. The molecule has 2 aromatic rings. The van der Waals surface area contributed by atoms with Crippen molar-refractivity contribution < 1.29 is 9.84 Å². The Labute approximate surface area is 130 Å². The largest absolute Gasteiger partial charge is 0.494 e. The van der Waals surface area contributed by atoms with E-state index in [0.717, 1.165) is 30.1 Å². The summed E-state index contributed by atoms with van der Waals surface area (Å²) in [6.45, 7) is 3.47. The van der Waals surface area contributed by atoms with Gasteiger partial charge >= 0.3 is 0 Å². The fourth-order valence-corrected chi connectivity index (χ4v) is 2.87. The van der Waals surface area contributed by atoms with E-state index in [-0.39, 0.29) is 6.61 Å². The Hall–Kier alpha value is -1.88. The maximum absolute atomic E-state index is 9.41. The SMILES string of the molecule is Cc1cccc(OCCCn2nnc(CO)c2C2CCC2)c1. The minimum atomic E-state index is -0.0222. The summed E-state index contributed by atoms with van der Waals surface area (Å²) in [5, 5.41) is 17.7. The molecule has 0 spiro atoms. The van der Waals surface area contributed by atoms with Crippen molar-refractivity contribution in [3.63, 3.8) is 0 Å². The van der Waals surface area contributed by atoms with Crippen molar-refractivity contribution in [3.8, 4) is 5.75 Å². The van der Waals surface area contributed by atoms with Gasteiger partial charge in [0.1, 0.15) is 11.4 Å². The first kappa shape index (κ1) is 15.0. The number of ether oxygens (including phenoxy) is 1. The molecule has 22 heavy (non-hydrogen) atoms. The maximum atomic E-state index is 9.41. The molecule has 0 amide bonds. The van der Waals surface area contributed by atoms with Crippen molar-refractivity contribution in [2.45, 2.75) is 51.7 Å². The van der Waals surface area contributed by atoms with Crippen molar-refractivity contribution in [3.05, 3.63) is 41.2 Å². The van der Waals surface area contributed by atoms with Gasteiger partial charge in [0.25, 0.3) is 0 Å². The Kier molecular flexibility index (Phi) is 4.73. The molecular formula is C17H23N3O2. The second-order valence-corrected chi connectivity index (χ2v) is 5.95. The third-order valence-electron chi connectivity index (χ3n) is 4.26. The minimum Gasteiger partial charge on any atom is -0.494 e. The van der Waals surface area contributed by atoms with Crippen molar-refractivity contribution in [2.75, 3.05) is 6.61 Å². The molecule has 0 atom stereocenters. The highest BCUT2D eigenvalue weighted by Crippen LogP contribution is 2.37. The van der Waals surface area contributed by atoms with Gasteiger partial charge in [0.15, 0.2) is 0 Å². The van der Waals surface area contributed by atoms with E-state index in [2.05, 4.69) is 23.3 Å². The van der Waals surface area contributed by atoms with Crippen LogP contribution >= 0.6 is 0 Å². The van der Waals surface area contributed by atoms with Gasteiger partial charge in [0.2, 0.25) is 0 Å². The van der Waals surface area contributed by atoms with Gasteiger partial charge in [-0.3, -0.25) is 0 Å². The summed E-state index contributed by atoms with van der Waals surface area (Å²) in [4.78, 5) is 0. The Morgan fingerprint density at radius 2 is 2.23 bits per heavy atom. The first-order chi connectivity index (χ1) is 10.8. The Balaban J connectivity index is 1.54. The van der Waals surface area contributed by atoms with Gasteiger partial charge < -0.3 is 9.84 Å². The number of aliphatic hydroxyl groups excluding tert-OH is 1. The average Bonchev–Trinajstić information content (AvgIpc) is 2.85. The van der Waals surface area contributed by atoms with E-state index in [1.807, 2.05) is 22.9 Å². The van der Waals surface area contributed by atoms with E-state index in [0.29, 0.717) is 12.5 Å². The van der Waals surface area contributed by atoms with Crippen LogP contribution in [0.1, 0.15) is 48.6 Å². The molecule has 1 aliphatic rings. The third-order valence-corrected chi connectivity index (χ3v) is 4.26. The lowest BCUT2D eigenvalue weighted by Crippen LogP contribution is -2.17. The summed E-state index contributed by atoms with van der Waals surface area (Å²) in [6, 6.07) is 8.08. The highest BCUT2D eigenvalue weighted by molar-refractivity contribution is 5.27. The van der Waals surface area contributed by atoms with E-state index < -0.39 is 0 Å². The van der Waals surface area contributed by atoms with Gasteiger partial charge in [-0.05, 0) is 37.5 Å². The number of hydrogen-bond donors (Lipinski definition) is 1. The Bertz CT molecular complexity index is 620. The lowest BCUT2D eigenvalue weighted by Gasteiger charge is -2.26. The van der Waals surface area contributed by atoms with Crippen LogP contribution in [-0.2, 0) is 13.2 Å². The molecule has 118 valence electrons. The summed E-state index contributed by atoms with van der Waals surface area (Å²) in [7, 11) is 0. The highest BCUT2D eigenvalue weighted by Gasteiger charge is 2.27. The molecule has 1 heterocycles. The summed E-state index contributed by atoms with van der Waals surface area (Å²) in [6.07, 6.45) is 4.50. The average molecular weight is 301 g/mol. The predicted molar refractivity (Wildman–Crippen MR) is 83.8 cm³/mol. The number of hydrogen-bond acceptors (Lipinski definition) is 4. The molecule has 0 unspecified atom stereocenters. The van der Waals surface area contributed by atoms with Crippen molar-refractivity contribution in [1.29, 1.82) is 0 Å². The molecule has 5 heteroatoms. The lowest BCUT2D eigenvalue weighted by atomic mass is 9.82. The number of nitrogens with zero attached hydrogens (tertiary/aromatic N) is 3. The van der Waals surface area contributed by atoms with E-state index >= 15 is 0 Å². The first-order valence-electron chi connectivity index (χ1n) is 8.00. The molecule has 0 bridgehead atoms. The number of aromatic nitrogens is 3. The van der Waals surface area contributed by atoms with Gasteiger partial charge in [-0.2, -0.15) is 0 Å². The van der Waals surface area contributed by atoms with Crippen LogP contribution in [0.15, 0.2) is 24.3 Å². The van der Waals surface area contributed by atoms with E-state index in [1.165, 1.54) is 24.8 Å². The molecule has 0 aliphatic heterocycles. The fourth-order valence-electron chi connectivity index (χ4n) is 2.87. The third kappa shape index (κ3) is 3.30. The molecule has 1 saturated carbocycles. The molecule has 1 aliphatic carbocycles. The van der Waals surface area contributed by atoms with Crippen molar-refractivity contribution in [1.82, 2.24) is 15.0 Å². The fraction of sp³-hybridized carbons (Fsp3) is 0.529. The Morgan fingerprint density at radius 3 is 2.91 bits per heavy atom. The van der Waals surface area contributed by atoms with Crippen LogP contribution < -0.4 is 4.74 Å². The summed E-state index contributed by atoms with van der Waals surface area (Å²) in [5.41, 5.74) is 3.07. The van der Waals surface area contributed by atoms with Gasteiger partial charge in [-0.15, -0.1) is 5.10 Å². The number of aliphatic hydroxyl groups is 1. The van der Waals surface area contributed by atoms with Crippen LogP contribution in [0.2, 0.25) is 0 Å². The second-order valence-electron chi connectivity index (χ2n) is 5.95. The molecule has 0 saturated heterocycles. The van der Waals surface area contributed by atoms with Crippen LogP contribution in [-0.4, -0.2) is 26.7 Å². The zero-order chi connectivity index (χ0) is 15.4. The molecule has 1 aromatic heterocycles. The normalized spacial score (nSPS) is 14.8. The van der Waals surface area contributed by atoms with E-state index in [4.69, 9.17) is 4.74 Å². The highest BCUT2D eigenvalue weighted by atomic mass is 16.5. The molecule has 3 rings (SSSR count). The maximum Gasteiger partial charge on any atom is 0.119 e. The minimum absolute atomic E-state index is 0.0222. The zero-order valence-corrected chi connectivity index (χ0v) is 13.0. The van der Waals surface area contributed by atoms with Crippen molar-refractivity contribution in [2.24, 2.45) is 0 Å². The zero-order valence-electron chi connectivity index (χ0n) is 13.0. The van der Waals surface area contributed by atoms with Gasteiger partial charge in [-0.1, -0.05) is 23.8 Å². The van der Waals surface area contributed by atoms with E-state index in [9.17, 15) is 5.11 Å². The standard InChI is InChI=1S/C17H23N3O2/c1-13-5-2-8-15(11-13)22-10-4-9-20-17(14-6-3-7-14)16(12-21)18-19-20/h2,5,8,11,14,21H,3-4,6-7,9-10,12H2,1H3. The molecule has 1 fully saturated rings. The second kappa shape index (κ2) is 6.92. The van der Waals surface area contributed by atoms with Crippen LogP contribution in [0, 0.1) is 6.92 Å². The number of rotatable bonds is 7. The monoisotopic (exact) mass is 301 g/mol. The van der Waals surface area contributed by atoms with Gasteiger partial charge in [0.05, 0.1) is 18.9 Å². The quantitative estimate of drug-likeness (QED) is 0.799. The van der Waals surface area contributed by atoms with Crippen LogP contribution in [0.3, 0.4) is 0 Å². The Morgan fingerprint density at radius 1 is 1.36 bits per heavy atom. The molecule has 1 aromatic carbocycles. The summed E-state index contributed by atoms with van der Waals surface area (Å²) < 4.78 is 7.72. The molecule has 5 nitrogen and oxygen atoms in total. The van der Waals surface area contributed by atoms with Crippen LogP contribution in [0.5, 0.6) is 5.75 Å². The summed E-state index contributed by atoms with van der Waals surface area (Å²) >= 11 is 0. The topological polar surface area (TPSA) is 60.2 Å². The number of aryl methyl sites for hydroxylation is 2. The van der Waals surface area contributed by atoms with Gasteiger partial charge in [0, 0.05) is 18.9 Å².